The summed E-state index contributed by atoms with van der Waals surface area (Å²) in [6, 6.07) is 11.8. The van der Waals surface area contributed by atoms with Crippen LogP contribution >= 0.6 is 11.6 Å². The number of halogens is 1. The Labute approximate surface area is 139 Å². The van der Waals surface area contributed by atoms with Gasteiger partial charge in [-0.15, -0.1) is 0 Å². The van der Waals surface area contributed by atoms with Crippen LogP contribution in [0.25, 0.3) is 0 Å². The largest absolute Gasteiger partial charge is 0.356 e. The van der Waals surface area contributed by atoms with Crippen LogP contribution in [0, 0.1) is 0 Å². The zero-order chi connectivity index (χ0) is 16.1. The first-order valence-electron chi connectivity index (χ1n) is 7.38. The van der Waals surface area contributed by atoms with Gasteiger partial charge in [0.1, 0.15) is 11.5 Å². The molecule has 0 bridgehead atoms. The second-order valence-corrected chi connectivity index (χ2v) is 5.63. The minimum atomic E-state index is -0.168. The average Bonchev–Trinajstić information content (AvgIpc) is 3.18. The van der Waals surface area contributed by atoms with Crippen LogP contribution in [0.15, 0.2) is 55.0 Å². The monoisotopic (exact) mass is 328 g/mol. The number of carbonyl (C=O) groups is 1. The van der Waals surface area contributed by atoms with Gasteiger partial charge in [0, 0.05) is 38.1 Å². The van der Waals surface area contributed by atoms with Crippen molar-refractivity contribution in [2.24, 2.45) is 0 Å². The molecule has 0 aliphatic rings. The molecule has 3 aromatic rings. The van der Waals surface area contributed by atoms with Crippen LogP contribution in [0.1, 0.15) is 21.9 Å². The lowest BCUT2D eigenvalue weighted by atomic mass is 10.2. The molecular formula is C17H17ClN4O. The Morgan fingerprint density at radius 2 is 2.13 bits per heavy atom. The van der Waals surface area contributed by atoms with Crippen molar-refractivity contribution in [2.45, 2.75) is 13.0 Å². The fourth-order valence-corrected chi connectivity index (χ4v) is 2.54. The maximum Gasteiger partial charge on any atom is 0.267 e. The Bertz CT molecular complexity index is 779. The van der Waals surface area contributed by atoms with Gasteiger partial charge in [0.05, 0.1) is 5.02 Å². The van der Waals surface area contributed by atoms with E-state index in [1.165, 1.54) is 5.56 Å². The fourth-order valence-electron chi connectivity index (χ4n) is 2.37. The summed E-state index contributed by atoms with van der Waals surface area (Å²) >= 11 is 5.79. The zero-order valence-corrected chi connectivity index (χ0v) is 13.3. The van der Waals surface area contributed by atoms with Crippen LogP contribution in [0.2, 0.25) is 5.02 Å². The first-order chi connectivity index (χ1) is 11.2. The normalized spacial score (nSPS) is 10.7. The molecule has 0 aliphatic carbocycles. The summed E-state index contributed by atoms with van der Waals surface area (Å²) in [5.41, 5.74) is 1.68. The van der Waals surface area contributed by atoms with Crippen molar-refractivity contribution >= 4 is 17.5 Å². The quantitative estimate of drug-likeness (QED) is 0.731. The van der Waals surface area contributed by atoms with Crippen molar-refractivity contribution in [3.63, 3.8) is 0 Å². The van der Waals surface area contributed by atoms with Crippen molar-refractivity contribution in [1.29, 1.82) is 0 Å². The highest BCUT2D eigenvalue weighted by molar-refractivity contribution is 6.30. The van der Waals surface area contributed by atoms with Crippen LogP contribution in [-0.2, 0) is 13.0 Å². The van der Waals surface area contributed by atoms with Gasteiger partial charge in [0.25, 0.3) is 5.91 Å². The molecule has 2 heterocycles. The Kier molecular flexibility index (Phi) is 4.78. The number of hydrogen-bond donors (Lipinski definition) is 2. The number of aromatic nitrogens is 3. The van der Waals surface area contributed by atoms with Gasteiger partial charge in [-0.25, -0.2) is 4.98 Å². The van der Waals surface area contributed by atoms with Gasteiger partial charge in [-0.1, -0.05) is 41.9 Å². The smallest absolute Gasteiger partial charge is 0.267 e. The van der Waals surface area contributed by atoms with Gasteiger partial charge >= 0.3 is 0 Å². The minimum Gasteiger partial charge on any atom is -0.356 e. The van der Waals surface area contributed by atoms with E-state index in [2.05, 4.69) is 32.0 Å². The summed E-state index contributed by atoms with van der Waals surface area (Å²) in [6.07, 6.45) is 5.99. The molecule has 2 aromatic heterocycles. The number of aromatic amines is 1. The molecular weight excluding hydrogens is 312 g/mol. The number of nitrogens with zero attached hydrogens (tertiary/aromatic N) is 2. The van der Waals surface area contributed by atoms with Crippen LogP contribution in [0.3, 0.4) is 0 Å². The Balaban J connectivity index is 1.55. The van der Waals surface area contributed by atoms with Gasteiger partial charge in [-0.05, 0) is 11.6 Å². The topological polar surface area (TPSA) is 62.7 Å². The van der Waals surface area contributed by atoms with Crippen LogP contribution in [0.5, 0.6) is 0 Å². The number of hydrogen-bond acceptors (Lipinski definition) is 2. The van der Waals surface area contributed by atoms with Gasteiger partial charge in [-0.2, -0.15) is 0 Å². The van der Waals surface area contributed by atoms with Crippen molar-refractivity contribution in [2.75, 3.05) is 6.54 Å². The van der Waals surface area contributed by atoms with E-state index in [9.17, 15) is 4.79 Å². The molecule has 2 N–H and O–H groups in total. The third kappa shape index (κ3) is 4.02. The maximum atomic E-state index is 11.9. The average molecular weight is 329 g/mol. The van der Waals surface area contributed by atoms with Gasteiger partial charge in [0.15, 0.2) is 0 Å². The molecule has 23 heavy (non-hydrogen) atoms. The number of carbonyl (C=O) groups excluding carboxylic acids is 1. The van der Waals surface area contributed by atoms with E-state index in [1.54, 1.807) is 18.5 Å². The van der Waals surface area contributed by atoms with E-state index < -0.39 is 0 Å². The first kappa shape index (κ1) is 15.4. The standard InChI is InChI=1S/C17H17ClN4O/c18-14-10-15(21-11-14)17(23)20-7-6-16-19-8-9-22(16)12-13-4-2-1-3-5-13/h1-5,8-11,21H,6-7,12H2,(H,20,23). The van der Waals surface area contributed by atoms with Crippen LogP contribution < -0.4 is 5.32 Å². The summed E-state index contributed by atoms with van der Waals surface area (Å²) in [4.78, 5) is 19.1. The SMILES string of the molecule is O=C(NCCc1nccn1Cc1ccccc1)c1cc(Cl)c[nH]1. The van der Waals surface area contributed by atoms with E-state index in [1.807, 2.05) is 24.4 Å². The molecule has 0 saturated heterocycles. The highest BCUT2D eigenvalue weighted by Crippen LogP contribution is 2.09. The third-order valence-electron chi connectivity index (χ3n) is 3.52. The number of nitrogens with one attached hydrogen (secondary N) is 2. The van der Waals surface area contributed by atoms with Crippen molar-refractivity contribution < 1.29 is 4.79 Å². The molecule has 0 spiro atoms. The number of H-pyrrole nitrogens is 1. The molecule has 1 amide bonds. The molecule has 118 valence electrons. The molecule has 1 aromatic carbocycles. The van der Waals surface area contributed by atoms with E-state index >= 15 is 0 Å². The van der Waals surface area contributed by atoms with Gasteiger partial charge < -0.3 is 14.9 Å². The Morgan fingerprint density at radius 1 is 1.30 bits per heavy atom. The van der Waals surface area contributed by atoms with Gasteiger partial charge in [0.2, 0.25) is 0 Å². The predicted octanol–water partition coefficient (Wildman–Crippen LogP) is 2.89. The number of imidazole rings is 1. The molecule has 0 radical (unpaired) electrons. The minimum absolute atomic E-state index is 0.168. The summed E-state index contributed by atoms with van der Waals surface area (Å²) in [5, 5.41) is 3.38. The lowest BCUT2D eigenvalue weighted by molar-refractivity contribution is 0.0949. The number of amides is 1. The van der Waals surface area contributed by atoms with Crippen molar-refractivity contribution in [3.8, 4) is 0 Å². The molecule has 0 atom stereocenters. The summed E-state index contributed by atoms with van der Waals surface area (Å²) in [7, 11) is 0. The summed E-state index contributed by atoms with van der Waals surface area (Å²) in [6.45, 7) is 1.29. The molecule has 0 unspecified atom stereocenters. The van der Waals surface area contributed by atoms with Crippen LogP contribution in [0.4, 0.5) is 0 Å². The van der Waals surface area contributed by atoms with E-state index in [0.29, 0.717) is 23.7 Å². The van der Waals surface area contributed by atoms with E-state index in [4.69, 9.17) is 11.6 Å². The molecule has 0 aliphatic heterocycles. The molecule has 6 heteroatoms. The predicted molar refractivity (Wildman–Crippen MR) is 89.6 cm³/mol. The van der Waals surface area contributed by atoms with E-state index in [-0.39, 0.29) is 5.91 Å². The summed E-state index contributed by atoms with van der Waals surface area (Å²) in [5.74, 6) is 0.775. The van der Waals surface area contributed by atoms with Crippen LogP contribution in [-0.4, -0.2) is 27.0 Å². The second kappa shape index (κ2) is 7.15. The highest BCUT2D eigenvalue weighted by Gasteiger charge is 2.08. The Hall–Kier alpha value is -2.53. The molecule has 3 rings (SSSR count). The lowest BCUT2D eigenvalue weighted by Gasteiger charge is -2.08. The lowest BCUT2D eigenvalue weighted by Crippen LogP contribution is -2.26. The maximum absolute atomic E-state index is 11.9. The first-order valence-corrected chi connectivity index (χ1v) is 7.76. The summed E-state index contributed by atoms with van der Waals surface area (Å²) < 4.78 is 2.09. The van der Waals surface area contributed by atoms with E-state index in [0.717, 1.165) is 12.4 Å². The number of rotatable bonds is 6. The van der Waals surface area contributed by atoms with Crippen molar-refractivity contribution in [1.82, 2.24) is 19.9 Å². The number of benzene rings is 1. The third-order valence-corrected chi connectivity index (χ3v) is 3.74. The second-order valence-electron chi connectivity index (χ2n) is 5.19. The van der Waals surface area contributed by atoms with Crippen molar-refractivity contribution in [3.05, 3.63) is 77.1 Å². The fraction of sp³-hybridized carbons (Fsp3) is 0.176. The zero-order valence-electron chi connectivity index (χ0n) is 12.5. The highest BCUT2D eigenvalue weighted by atomic mass is 35.5. The molecule has 0 saturated carbocycles. The molecule has 0 fully saturated rings. The van der Waals surface area contributed by atoms with Gasteiger partial charge in [-0.3, -0.25) is 4.79 Å². The molecule has 5 nitrogen and oxygen atoms in total. The Morgan fingerprint density at radius 3 is 2.87 bits per heavy atom.